The number of fused-ring (bicyclic) bond motifs is 2. The fourth-order valence-electron chi connectivity index (χ4n) is 4.92. The van der Waals surface area contributed by atoms with Gasteiger partial charge in [-0.2, -0.15) is 0 Å². The number of nitrogens with two attached hydrogens (primary N) is 1. The van der Waals surface area contributed by atoms with Crippen LogP contribution in [0.4, 0.5) is 0 Å². The Bertz CT molecular complexity index is 1180. The molecule has 2 N–H and O–H groups in total. The first kappa shape index (κ1) is 22.9. The summed E-state index contributed by atoms with van der Waals surface area (Å²) in [5, 5.41) is 0.748. The first-order valence-electron chi connectivity index (χ1n) is 11.8. The number of likely N-dealkylation sites (tertiary alicyclic amines) is 1. The fraction of sp³-hybridized carbons (Fsp3) is 0.321. The molecule has 0 atom stereocenters. The third-order valence-electron chi connectivity index (χ3n) is 6.98. The summed E-state index contributed by atoms with van der Waals surface area (Å²) < 4.78 is 11.6. The number of hydrogen-bond donors (Lipinski definition) is 1. The van der Waals surface area contributed by atoms with Gasteiger partial charge < -0.3 is 20.1 Å². The first-order chi connectivity index (χ1) is 16.6. The average molecular weight is 476 g/mol. The SMILES string of the molecule is COc1ccc2c(c1)/C(=C\CCN1CCC(N)(c3ccc(Cl)cc3)CC1)c1cccnc1CO2. The van der Waals surface area contributed by atoms with E-state index >= 15 is 0 Å². The van der Waals surface area contributed by atoms with Crippen LogP contribution in [0.3, 0.4) is 0 Å². The second-order valence-corrected chi connectivity index (χ2v) is 9.50. The Labute approximate surface area is 206 Å². The van der Waals surface area contributed by atoms with Crippen molar-refractivity contribution in [2.24, 2.45) is 5.73 Å². The summed E-state index contributed by atoms with van der Waals surface area (Å²) in [4.78, 5) is 7.08. The number of nitrogens with zero attached hydrogens (tertiary/aromatic N) is 2. The Morgan fingerprint density at radius 2 is 1.91 bits per heavy atom. The summed E-state index contributed by atoms with van der Waals surface area (Å²) in [6.07, 6.45) is 6.94. The van der Waals surface area contributed by atoms with Gasteiger partial charge in [-0.3, -0.25) is 4.98 Å². The van der Waals surface area contributed by atoms with Crippen LogP contribution >= 0.6 is 11.6 Å². The van der Waals surface area contributed by atoms with E-state index < -0.39 is 0 Å². The lowest BCUT2D eigenvalue weighted by atomic mass is 9.82. The second kappa shape index (κ2) is 9.79. The molecule has 1 saturated heterocycles. The van der Waals surface area contributed by atoms with Gasteiger partial charge in [0, 0.05) is 47.5 Å². The van der Waals surface area contributed by atoms with Gasteiger partial charge in [0.15, 0.2) is 0 Å². The van der Waals surface area contributed by atoms with Crippen molar-refractivity contribution in [2.45, 2.75) is 31.4 Å². The molecule has 2 aliphatic rings. The van der Waals surface area contributed by atoms with E-state index in [1.54, 1.807) is 7.11 Å². The van der Waals surface area contributed by atoms with Gasteiger partial charge in [-0.15, -0.1) is 0 Å². The second-order valence-electron chi connectivity index (χ2n) is 9.06. The molecule has 0 radical (unpaired) electrons. The van der Waals surface area contributed by atoms with Crippen molar-refractivity contribution in [1.29, 1.82) is 0 Å². The summed E-state index contributed by atoms with van der Waals surface area (Å²) in [6.45, 7) is 3.40. The van der Waals surface area contributed by atoms with E-state index in [0.717, 1.165) is 77.8 Å². The minimum atomic E-state index is -0.279. The van der Waals surface area contributed by atoms with Gasteiger partial charge in [0.05, 0.1) is 12.8 Å². The van der Waals surface area contributed by atoms with Gasteiger partial charge in [0.25, 0.3) is 0 Å². The molecule has 0 aliphatic carbocycles. The summed E-state index contributed by atoms with van der Waals surface area (Å²) in [5.74, 6) is 1.68. The molecule has 1 fully saturated rings. The zero-order chi connectivity index (χ0) is 23.5. The third-order valence-corrected chi connectivity index (χ3v) is 7.23. The summed E-state index contributed by atoms with van der Waals surface area (Å²) >= 11 is 6.06. The molecular weight excluding hydrogens is 446 g/mol. The molecule has 1 aromatic heterocycles. The molecule has 2 aliphatic heterocycles. The quantitative estimate of drug-likeness (QED) is 0.534. The van der Waals surface area contributed by atoms with Gasteiger partial charge in [-0.1, -0.05) is 35.9 Å². The molecule has 6 heteroatoms. The maximum atomic E-state index is 6.77. The minimum Gasteiger partial charge on any atom is -0.497 e. The Morgan fingerprint density at radius 1 is 1.12 bits per heavy atom. The van der Waals surface area contributed by atoms with Gasteiger partial charge in [0.1, 0.15) is 18.1 Å². The van der Waals surface area contributed by atoms with E-state index in [-0.39, 0.29) is 5.54 Å². The molecule has 0 amide bonds. The van der Waals surface area contributed by atoms with Crippen LogP contribution < -0.4 is 15.2 Å². The van der Waals surface area contributed by atoms with Crippen LogP contribution in [0.1, 0.15) is 41.6 Å². The van der Waals surface area contributed by atoms with Crippen LogP contribution in [0.2, 0.25) is 5.02 Å². The molecule has 0 spiro atoms. The lowest BCUT2D eigenvalue weighted by molar-refractivity contribution is 0.164. The monoisotopic (exact) mass is 475 g/mol. The molecule has 5 rings (SSSR count). The number of methoxy groups -OCH3 is 1. The van der Waals surface area contributed by atoms with Crippen LogP contribution in [0.25, 0.3) is 5.57 Å². The number of hydrogen-bond acceptors (Lipinski definition) is 5. The predicted octanol–water partition coefficient (Wildman–Crippen LogP) is 5.41. The molecule has 0 saturated carbocycles. The van der Waals surface area contributed by atoms with Gasteiger partial charge in [-0.25, -0.2) is 0 Å². The van der Waals surface area contributed by atoms with Crippen molar-refractivity contribution >= 4 is 17.2 Å². The zero-order valence-corrected chi connectivity index (χ0v) is 20.2. The highest BCUT2D eigenvalue weighted by atomic mass is 35.5. The largest absolute Gasteiger partial charge is 0.497 e. The number of halogens is 1. The Hall–Kier alpha value is -2.86. The standard InChI is InChI=1S/C28H30ClN3O2/c1-33-22-10-11-27-25(18-22)23(24-4-2-14-31-26(24)19-34-27)5-3-15-32-16-12-28(30,13-17-32)20-6-8-21(29)9-7-20/h2,4-11,14,18H,3,12-13,15-17,19,30H2,1H3/b23-5-. The molecular formula is C28H30ClN3O2. The normalized spacial score (nSPS) is 18.5. The van der Waals surface area contributed by atoms with Crippen LogP contribution in [0.5, 0.6) is 11.5 Å². The molecule has 0 bridgehead atoms. The van der Waals surface area contributed by atoms with E-state index in [9.17, 15) is 0 Å². The number of ether oxygens (including phenoxy) is 2. The Balaban J connectivity index is 1.31. The van der Waals surface area contributed by atoms with Gasteiger partial charge in [0.2, 0.25) is 0 Å². The summed E-state index contributed by atoms with van der Waals surface area (Å²) in [5.41, 5.74) is 11.9. The molecule has 2 aromatic carbocycles. The lowest BCUT2D eigenvalue weighted by Gasteiger charge is -2.39. The molecule has 176 valence electrons. The predicted molar refractivity (Wildman–Crippen MR) is 136 cm³/mol. The Kier molecular flexibility index (Phi) is 6.59. The number of benzene rings is 2. The minimum absolute atomic E-state index is 0.279. The first-order valence-corrected chi connectivity index (χ1v) is 12.2. The van der Waals surface area contributed by atoms with Crippen LogP contribution in [0.15, 0.2) is 66.9 Å². The highest BCUT2D eigenvalue weighted by molar-refractivity contribution is 6.30. The van der Waals surface area contributed by atoms with Crippen molar-refractivity contribution in [3.8, 4) is 11.5 Å². The Morgan fingerprint density at radius 3 is 2.68 bits per heavy atom. The molecule has 3 aromatic rings. The number of piperidine rings is 1. The van der Waals surface area contributed by atoms with Crippen molar-refractivity contribution in [2.75, 3.05) is 26.7 Å². The maximum Gasteiger partial charge on any atom is 0.131 e. The van der Waals surface area contributed by atoms with E-state index in [4.69, 9.17) is 26.8 Å². The van der Waals surface area contributed by atoms with Crippen LogP contribution in [-0.4, -0.2) is 36.6 Å². The lowest BCUT2D eigenvalue weighted by Crippen LogP contribution is -2.48. The van der Waals surface area contributed by atoms with Crippen LogP contribution in [0, 0.1) is 0 Å². The highest BCUT2D eigenvalue weighted by Crippen LogP contribution is 2.38. The maximum absolute atomic E-state index is 6.77. The fourth-order valence-corrected chi connectivity index (χ4v) is 5.05. The van der Waals surface area contributed by atoms with Crippen molar-refractivity contribution in [3.05, 3.63) is 94.3 Å². The highest BCUT2D eigenvalue weighted by Gasteiger charge is 2.32. The topological polar surface area (TPSA) is 60.6 Å². The van der Waals surface area contributed by atoms with Crippen molar-refractivity contribution in [3.63, 3.8) is 0 Å². The number of rotatable bonds is 5. The van der Waals surface area contributed by atoms with E-state index in [1.807, 2.05) is 36.5 Å². The van der Waals surface area contributed by atoms with E-state index in [0.29, 0.717) is 6.61 Å². The number of aromatic nitrogens is 1. The molecule has 5 nitrogen and oxygen atoms in total. The molecule has 34 heavy (non-hydrogen) atoms. The zero-order valence-electron chi connectivity index (χ0n) is 19.5. The van der Waals surface area contributed by atoms with Gasteiger partial charge >= 0.3 is 0 Å². The van der Waals surface area contributed by atoms with E-state index in [2.05, 4.69) is 40.2 Å². The summed E-state index contributed by atoms with van der Waals surface area (Å²) in [7, 11) is 1.69. The van der Waals surface area contributed by atoms with Crippen molar-refractivity contribution < 1.29 is 9.47 Å². The molecule has 3 heterocycles. The smallest absolute Gasteiger partial charge is 0.131 e. The van der Waals surface area contributed by atoms with Crippen LogP contribution in [-0.2, 0) is 12.1 Å². The number of pyridine rings is 1. The van der Waals surface area contributed by atoms with Crippen molar-refractivity contribution in [1.82, 2.24) is 9.88 Å². The summed E-state index contributed by atoms with van der Waals surface area (Å²) in [6, 6.07) is 18.1. The molecule has 0 unspecified atom stereocenters. The van der Waals surface area contributed by atoms with E-state index in [1.165, 1.54) is 5.56 Å². The third kappa shape index (κ3) is 4.69. The van der Waals surface area contributed by atoms with Gasteiger partial charge in [-0.05, 0) is 66.8 Å². The average Bonchev–Trinajstić information content (AvgIpc) is 3.02.